The first-order chi connectivity index (χ1) is 52.7. The lowest BCUT2D eigenvalue weighted by atomic mass is 10.0. The minimum Gasteiger partial charge on any atom is -0.307 e. The third kappa shape index (κ3) is 8.25. The lowest BCUT2D eigenvalue weighted by molar-refractivity contribution is 1.08. The SMILES string of the molecule is c1ccc(-n2c3ccccc3c3c4c5ccccc5n(-c5ccc6ccccc6n5)c4c4c5ccccc5n(-c5ccccc5)c4c32)cc1.c1ccc2nc(-n3c4ccccc4c4c5c6ccccc6n(-c6ccc7ccccc7n6)c5c5c(c6ccccc6n5-c5ccc6ccccc6n5)c43)ccc2c1. The second kappa shape index (κ2) is 22.5. The Morgan fingerprint density at radius 1 is 0.151 bits per heavy atom. The number of aromatic nitrogens is 10. The molecule has 0 N–H and O–H groups in total. The summed E-state index contributed by atoms with van der Waals surface area (Å²) >= 11 is 0. The molecule has 0 aliphatic carbocycles. The molecule has 0 unspecified atom stereocenters. The molecule has 24 aromatic rings. The molecule has 0 atom stereocenters. The van der Waals surface area contributed by atoms with Gasteiger partial charge in [-0.2, -0.15) is 0 Å². The summed E-state index contributed by atoms with van der Waals surface area (Å²) < 4.78 is 14.5. The van der Waals surface area contributed by atoms with Crippen molar-refractivity contribution in [2.45, 2.75) is 0 Å². The number of para-hydroxylation sites is 12. The van der Waals surface area contributed by atoms with E-state index in [-0.39, 0.29) is 0 Å². The van der Waals surface area contributed by atoms with Crippen LogP contribution < -0.4 is 0 Å². The summed E-state index contributed by atoms with van der Waals surface area (Å²) in [7, 11) is 0. The van der Waals surface area contributed by atoms with Crippen LogP contribution in [-0.4, -0.2) is 47.3 Å². The van der Waals surface area contributed by atoms with Gasteiger partial charge in [0.1, 0.15) is 23.3 Å². The molecule has 0 aliphatic heterocycles. The van der Waals surface area contributed by atoms with Crippen LogP contribution in [0, 0.1) is 0 Å². The van der Waals surface area contributed by atoms with E-state index in [0.29, 0.717) is 0 Å². The number of nitrogens with zero attached hydrogens (tertiary/aromatic N) is 10. The third-order valence-electron chi connectivity index (χ3n) is 22.0. The molecule has 0 saturated heterocycles. The molecular weight excluding hydrogens is 1290 g/mol. The fraction of sp³-hybridized carbons (Fsp3) is 0. The molecule has 10 nitrogen and oxygen atoms in total. The first-order valence-electron chi connectivity index (χ1n) is 36.1. The van der Waals surface area contributed by atoms with Crippen LogP contribution in [0.15, 0.2) is 352 Å². The highest BCUT2D eigenvalue weighted by Crippen LogP contribution is 2.53. The van der Waals surface area contributed by atoms with Gasteiger partial charge >= 0.3 is 0 Å². The minimum absolute atomic E-state index is 0.857. The van der Waals surface area contributed by atoms with Gasteiger partial charge in [0.05, 0.1) is 88.3 Å². The van der Waals surface area contributed by atoms with Crippen molar-refractivity contribution in [1.29, 1.82) is 0 Å². The summed E-state index contributed by atoms with van der Waals surface area (Å²) in [6, 6.07) is 125. The van der Waals surface area contributed by atoms with Gasteiger partial charge in [0, 0.05) is 97.6 Å². The molecule has 10 aromatic heterocycles. The van der Waals surface area contributed by atoms with Gasteiger partial charge in [-0.15, -0.1) is 0 Å². The number of fused-ring (bicyclic) bond motifs is 28. The van der Waals surface area contributed by atoms with Gasteiger partial charge < -0.3 is 9.13 Å². The number of rotatable bonds is 6. The topological polar surface area (TPSA) is 81.1 Å². The summed E-state index contributed by atoms with van der Waals surface area (Å²) in [5, 5.41) is 18.8. The van der Waals surface area contributed by atoms with Crippen LogP contribution in [-0.2, 0) is 0 Å². The molecule has 10 heteroatoms. The van der Waals surface area contributed by atoms with Crippen molar-refractivity contribution < 1.29 is 0 Å². The Morgan fingerprint density at radius 2 is 0.358 bits per heavy atom. The van der Waals surface area contributed by atoms with E-state index >= 15 is 0 Å². The molecule has 0 aliphatic rings. The zero-order chi connectivity index (χ0) is 69.2. The van der Waals surface area contributed by atoms with Gasteiger partial charge in [-0.3, -0.25) is 18.3 Å². The summed E-state index contributed by atoms with van der Waals surface area (Å²) in [6.07, 6.45) is 0. The van der Waals surface area contributed by atoms with Crippen LogP contribution in [0.4, 0.5) is 0 Å². The molecule has 0 radical (unpaired) electrons. The van der Waals surface area contributed by atoms with Crippen LogP contribution in [0.2, 0.25) is 0 Å². The molecule has 0 saturated carbocycles. The molecule has 14 aromatic carbocycles. The van der Waals surface area contributed by atoms with Gasteiger partial charge in [-0.1, -0.05) is 218 Å². The third-order valence-corrected chi connectivity index (χ3v) is 22.0. The highest BCUT2D eigenvalue weighted by atomic mass is 15.1. The monoisotopic (exact) mass is 1350 g/mol. The fourth-order valence-electron chi connectivity index (χ4n) is 17.7. The van der Waals surface area contributed by atoms with Crippen molar-refractivity contribution in [2.24, 2.45) is 0 Å². The lowest BCUT2D eigenvalue weighted by Gasteiger charge is -2.14. The van der Waals surface area contributed by atoms with E-state index in [1.54, 1.807) is 0 Å². The second-order valence-corrected chi connectivity index (χ2v) is 27.6. The van der Waals surface area contributed by atoms with Crippen molar-refractivity contribution in [3.8, 4) is 34.6 Å². The van der Waals surface area contributed by atoms with Gasteiger partial charge in [0.25, 0.3) is 0 Å². The summed E-state index contributed by atoms with van der Waals surface area (Å²) in [4.78, 5) is 21.4. The van der Waals surface area contributed by atoms with E-state index in [9.17, 15) is 0 Å². The first kappa shape index (κ1) is 58.2. The Kier molecular flexibility index (Phi) is 12.4. The minimum atomic E-state index is 0.857. The summed E-state index contributed by atoms with van der Waals surface area (Å²) in [6.45, 7) is 0. The maximum absolute atomic E-state index is 5.38. The Morgan fingerprint density at radius 3 is 0.670 bits per heavy atom. The van der Waals surface area contributed by atoms with E-state index in [4.69, 9.17) is 19.9 Å². The van der Waals surface area contributed by atoms with E-state index < -0.39 is 0 Å². The Balaban J connectivity index is 0.000000130. The second-order valence-electron chi connectivity index (χ2n) is 27.6. The van der Waals surface area contributed by atoms with Crippen molar-refractivity contribution >= 4 is 174 Å². The molecule has 10 heterocycles. The number of hydrogen-bond donors (Lipinski definition) is 0. The standard InChI is InChI=1S/C51H30N6.C45H28N4/c1-7-19-37-31(13-1)25-28-43(52-37)55-40-22-10-4-16-34(40)46-47-35-17-5-11-23-41(35)56(44-29-26-32-14-2-8-20-38(32)53-44)50(47)51-48(49(46)55)36-18-6-12-24-42(36)57(51)45-30-27-33-15-3-9-21-39(33)54-45;1-3-16-30(17-4-1)47-36-24-12-8-20-32(36)41-40-33-21-9-14-26-38(33)49(39-28-27-29-15-7-11-23-35(29)46-39)43(40)42-34-22-10-13-25-37(34)48(45(42)44(41)47)31-18-5-2-6-19-31/h1-30H;1-28H. The van der Waals surface area contributed by atoms with Crippen LogP contribution >= 0.6 is 0 Å². The first-order valence-corrected chi connectivity index (χ1v) is 36.1. The van der Waals surface area contributed by atoms with Crippen molar-refractivity contribution in [3.63, 3.8) is 0 Å². The van der Waals surface area contributed by atoms with E-state index in [0.717, 1.165) is 133 Å². The van der Waals surface area contributed by atoms with Crippen molar-refractivity contribution in [3.05, 3.63) is 352 Å². The molecular formula is C96H58N10. The number of pyridine rings is 4. The Bertz CT molecular complexity index is 7840. The molecule has 0 amide bonds. The van der Waals surface area contributed by atoms with Gasteiger partial charge in [-0.25, -0.2) is 19.9 Å². The zero-order valence-corrected chi connectivity index (χ0v) is 57.0. The highest BCUT2D eigenvalue weighted by Gasteiger charge is 2.32. The van der Waals surface area contributed by atoms with E-state index in [1.165, 1.54) is 76.1 Å². The Hall–Kier alpha value is -14.5. The zero-order valence-electron chi connectivity index (χ0n) is 57.0. The van der Waals surface area contributed by atoms with Crippen LogP contribution in [0.25, 0.3) is 209 Å². The molecule has 0 bridgehead atoms. The van der Waals surface area contributed by atoms with Crippen LogP contribution in [0.3, 0.4) is 0 Å². The number of hydrogen-bond acceptors (Lipinski definition) is 4. The fourth-order valence-corrected chi connectivity index (χ4v) is 17.7. The predicted octanol–water partition coefficient (Wildman–Crippen LogP) is 24.1. The quantitative estimate of drug-likeness (QED) is 0.166. The molecule has 492 valence electrons. The van der Waals surface area contributed by atoms with Crippen LogP contribution in [0.1, 0.15) is 0 Å². The van der Waals surface area contributed by atoms with Gasteiger partial charge in [0.2, 0.25) is 0 Å². The summed E-state index contributed by atoms with van der Waals surface area (Å²) in [5.41, 5.74) is 19.7. The maximum Gasteiger partial charge on any atom is 0.138 e. The predicted molar refractivity (Wildman–Crippen MR) is 440 cm³/mol. The van der Waals surface area contributed by atoms with Crippen molar-refractivity contribution in [1.82, 2.24) is 47.3 Å². The van der Waals surface area contributed by atoms with Gasteiger partial charge in [0.15, 0.2) is 0 Å². The molecule has 24 rings (SSSR count). The van der Waals surface area contributed by atoms with E-state index in [2.05, 4.69) is 379 Å². The van der Waals surface area contributed by atoms with Gasteiger partial charge in [-0.05, 0) is 133 Å². The van der Waals surface area contributed by atoms with Crippen molar-refractivity contribution in [2.75, 3.05) is 0 Å². The van der Waals surface area contributed by atoms with Crippen LogP contribution in [0.5, 0.6) is 0 Å². The number of benzene rings is 14. The molecule has 0 spiro atoms. The lowest BCUT2D eigenvalue weighted by Crippen LogP contribution is -2.03. The molecule has 106 heavy (non-hydrogen) atoms. The normalized spacial score (nSPS) is 12.2. The largest absolute Gasteiger partial charge is 0.307 e. The average Bonchev–Trinajstić information content (AvgIpc) is 1.51. The Labute approximate surface area is 604 Å². The summed E-state index contributed by atoms with van der Waals surface area (Å²) in [5.74, 6) is 3.51. The van der Waals surface area contributed by atoms with E-state index in [1.807, 2.05) is 0 Å². The average molecular weight is 1350 g/mol. The highest BCUT2D eigenvalue weighted by molar-refractivity contribution is 6.42. The maximum atomic E-state index is 5.38. The smallest absolute Gasteiger partial charge is 0.138 e. The molecule has 0 fully saturated rings.